The monoisotopic (exact) mass is 503 g/mol. The largest absolute Gasteiger partial charge is 0.374 e. The summed E-state index contributed by atoms with van der Waals surface area (Å²) in [6.45, 7) is 2.29. The van der Waals surface area contributed by atoms with Gasteiger partial charge in [-0.1, -0.05) is 47.7 Å². The molecule has 0 saturated heterocycles. The Hall–Kier alpha value is -3.58. The van der Waals surface area contributed by atoms with Crippen molar-refractivity contribution in [2.45, 2.75) is 32.0 Å². The zero-order valence-electron chi connectivity index (χ0n) is 21.1. The number of hydrogen-bond acceptors (Lipinski definition) is 7. The number of aryl methyl sites for hydroxylation is 1. The standard InChI is InChI=1S/C29H33N3O5/c1-21-5-7-22(8-6-21)9-10-23-11-13-25(14-12-23)28(33)31-27(19-37-20-36-2)17-26(29(34)32-35)16-24-4-3-15-30-18-24/h3-8,11-15,18,26-28,31,33,35H,16-17,19-20H2,1-2H3,(H,32,34)/t26?,27-,28?/m0/s1. The number of benzene rings is 2. The Bertz CT molecular complexity index is 1160. The van der Waals surface area contributed by atoms with E-state index in [1.807, 2.05) is 49.4 Å². The quantitative estimate of drug-likeness (QED) is 0.0988. The molecule has 8 heteroatoms. The molecule has 0 aliphatic carbocycles. The molecule has 4 N–H and O–H groups in total. The van der Waals surface area contributed by atoms with E-state index in [1.165, 1.54) is 12.7 Å². The van der Waals surface area contributed by atoms with E-state index >= 15 is 0 Å². The number of amides is 1. The number of ether oxygens (including phenoxy) is 2. The second-order valence-electron chi connectivity index (χ2n) is 8.76. The third-order valence-corrected chi connectivity index (χ3v) is 5.80. The van der Waals surface area contributed by atoms with Crippen LogP contribution in [0.4, 0.5) is 0 Å². The molecule has 0 saturated carbocycles. The second kappa shape index (κ2) is 14.9. The first-order valence-corrected chi connectivity index (χ1v) is 12.0. The minimum absolute atomic E-state index is 0.0715. The van der Waals surface area contributed by atoms with E-state index in [9.17, 15) is 15.1 Å². The van der Waals surface area contributed by atoms with Crippen molar-refractivity contribution in [2.75, 3.05) is 20.5 Å². The van der Waals surface area contributed by atoms with Crippen LogP contribution in [0, 0.1) is 24.7 Å². The van der Waals surface area contributed by atoms with Crippen molar-refractivity contribution in [3.05, 3.63) is 101 Å². The molecule has 0 radical (unpaired) electrons. The first-order chi connectivity index (χ1) is 18.0. The fourth-order valence-electron chi connectivity index (χ4n) is 3.83. The van der Waals surface area contributed by atoms with Crippen LogP contribution >= 0.6 is 0 Å². The Labute approximate surface area is 217 Å². The maximum absolute atomic E-state index is 12.4. The molecule has 0 aliphatic rings. The molecule has 0 fully saturated rings. The number of rotatable bonds is 12. The van der Waals surface area contributed by atoms with Gasteiger partial charge in [-0.3, -0.25) is 20.3 Å². The number of aromatic nitrogens is 1. The first-order valence-electron chi connectivity index (χ1n) is 12.0. The molecule has 3 atom stereocenters. The lowest BCUT2D eigenvalue weighted by Crippen LogP contribution is -2.41. The van der Waals surface area contributed by atoms with Crippen molar-refractivity contribution in [2.24, 2.45) is 5.92 Å². The molecule has 0 bridgehead atoms. The van der Waals surface area contributed by atoms with E-state index < -0.39 is 24.1 Å². The van der Waals surface area contributed by atoms with Gasteiger partial charge in [0, 0.05) is 42.6 Å². The van der Waals surface area contributed by atoms with Crippen molar-refractivity contribution in [3.63, 3.8) is 0 Å². The second-order valence-corrected chi connectivity index (χ2v) is 8.76. The number of carbonyl (C=O) groups excluding carboxylic acids is 1. The highest BCUT2D eigenvalue weighted by atomic mass is 16.7. The molecule has 2 aromatic carbocycles. The van der Waals surface area contributed by atoms with Crippen molar-refractivity contribution in [3.8, 4) is 11.8 Å². The summed E-state index contributed by atoms with van der Waals surface area (Å²) in [6, 6.07) is 18.6. The van der Waals surface area contributed by atoms with Gasteiger partial charge in [-0.2, -0.15) is 0 Å². The van der Waals surface area contributed by atoms with Crippen LogP contribution in [0.25, 0.3) is 0 Å². The minimum Gasteiger partial charge on any atom is -0.374 e. The van der Waals surface area contributed by atoms with Gasteiger partial charge in [0.15, 0.2) is 0 Å². The van der Waals surface area contributed by atoms with E-state index in [0.717, 1.165) is 16.7 Å². The zero-order chi connectivity index (χ0) is 26.5. The predicted octanol–water partition coefficient (Wildman–Crippen LogP) is 3.11. The average Bonchev–Trinajstić information content (AvgIpc) is 2.92. The number of pyridine rings is 1. The lowest BCUT2D eigenvalue weighted by molar-refractivity contribution is -0.134. The summed E-state index contributed by atoms with van der Waals surface area (Å²) in [5.41, 5.74) is 6.19. The smallest absolute Gasteiger partial charge is 0.246 e. The van der Waals surface area contributed by atoms with Gasteiger partial charge in [-0.05, 0) is 61.2 Å². The lowest BCUT2D eigenvalue weighted by atomic mass is 9.92. The average molecular weight is 504 g/mol. The molecule has 8 nitrogen and oxygen atoms in total. The van der Waals surface area contributed by atoms with Gasteiger partial charge in [0.2, 0.25) is 5.91 Å². The topological polar surface area (TPSA) is 113 Å². The molecule has 1 heterocycles. The maximum atomic E-state index is 12.4. The SMILES string of the molecule is COCOC[C@H](CC(Cc1cccnc1)C(=O)NO)NC(O)c1ccc(C#Cc2ccc(C)cc2)cc1. The maximum Gasteiger partial charge on any atom is 0.246 e. The van der Waals surface area contributed by atoms with Gasteiger partial charge in [0.25, 0.3) is 0 Å². The number of aliphatic hydroxyl groups excluding tert-OH is 1. The van der Waals surface area contributed by atoms with Crippen LogP contribution in [0.1, 0.15) is 40.5 Å². The van der Waals surface area contributed by atoms with Crippen LogP contribution in [0.5, 0.6) is 0 Å². The van der Waals surface area contributed by atoms with Crippen molar-refractivity contribution >= 4 is 5.91 Å². The minimum atomic E-state index is -1.01. The third-order valence-electron chi connectivity index (χ3n) is 5.80. The number of nitrogens with one attached hydrogen (secondary N) is 2. The van der Waals surface area contributed by atoms with Gasteiger partial charge >= 0.3 is 0 Å². The summed E-state index contributed by atoms with van der Waals surface area (Å²) in [5, 5.41) is 23.3. The number of nitrogens with zero attached hydrogens (tertiary/aromatic N) is 1. The molecule has 3 rings (SSSR count). The zero-order valence-corrected chi connectivity index (χ0v) is 21.1. The molecule has 1 aromatic heterocycles. The van der Waals surface area contributed by atoms with E-state index in [4.69, 9.17) is 9.47 Å². The number of carbonyl (C=O) groups is 1. The highest BCUT2D eigenvalue weighted by Crippen LogP contribution is 2.18. The van der Waals surface area contributed by atoms with Crippen LogP contribution in [0.15, 0.2) is 73.1 Å². The highest BCUT2D eigenvalue weighted by molar-refractivity contribution is 5.77. The normalized spacial score (nSPS) is 13.2. The van der Waals surface area contributed by atoms with E-state index in [2.05, 4.69) is 22.1 Å². The van der Waals surface area contributed by atoms with E-state index in [0.29, 0.717) is 18.4 Å². The molecule has 3 aromatic rings. The van der Waals surface area contributed by atoms with Crippen LogP contribution in [0.3, 0.4) is 0 Å². The van der Waals surface area contributed by atoms with Gasteiger partial charge in [0.05, 0.1) is 6.61 Å². The van der Waals surface area contributed by atoms with Crippen molar-refractivity contribution in [1.82, 2.24) is 15.8 Å². The molecule has 1 amide bonds. The summed E-state index contributed by atoms with van der Waals surface area (Å²) in [5.74, 6) is 5.17. The van der Waals surface area contributed by atoms with Crippen LogP contribution in [-0.2, 0) is 20.7 Å². The summed E-state index contributed by atoms with van der Waals surface area (Å²) < 4.78 is 10.5. The molecular formula is C29H33N3O5. The third kappa shape index (κ3) is 9.42. The Morgan fingerprint density at radius 3 is 2.32 bits per heavy atom. The molecule has 0 spiro atoms. The molecule has 2 unspecified atom stereocenters. The fraction of sp³-hybridized carbons (Fsp3) is 0.310. The molecular weight excluding hydrogens is 470 g/mol. The fourth-order valence-corrected chi connectivity index (χ4v) is 3.83. The molecule has 37 heavy (non-hydrogen) atoms. The Balaban J connectivity index is 1.68. The van der Waals surface area contributed by atoms with Crippen molar-refractivity contribution in [1.29, 1.82) is 0 Å². The van der Waals surface area contributed by atoms with Gasteiger partial charge in [0.1, 0.15) is 13.0 Å². The molecule has 194 valence electrons. The summed E-state index contributed by atoms with van der Waals surface area (Å²) in [7, 11) is 1.52. The number of aliphatic hydroxyl groups is 1. The first kappa shape index (κ1) is 28.0. The van der Waals surface area contributed by atoms with E-state index in [-0.39, 0.29) is 13.4 Å². The van der Waals surface area contributed by atoms with Gasteiger partial charge < -0.3 is 14.6 Å². The summed E-state index contributed by atoms with van der Waals surface area (Å²) >= 11 is 0. The Morgan fingerprint density at radius 2 is 1.73 bits per heavy atom. The van der Waals surface area contributed by atoms with Crippen LogP contribution < -0.4 is 10.8 Å². The Morgan fingerprint density at radius 1 is 1.05 bits per heavy atom. The molecule has 0 aliphatic heterocycles. The number of hydroxylamine groups is 1. The van der Waals surface area contributed by atoms with Crippen molar-refractivity contribution < 1.29 is 24.6 Å². The number of methoxy groups -OCH3 is 1. The van der Waals surface area contributed by atoms with Gasteiger partial charge in [-0.15, -0.1) is 0 Å². The van der Waals surface area contributed by atoms with E-state index in [1.54, 1.807) is 36.1 Å². The number of hydrogen-bond donors (Lipinski definition) is 4. The predicted molar refractivity (Wildman–Crippen MR) is 139 cm³/mol. The Kier molecular flexibility index (Phi) is 11.2. The van der Waals surface area contributed by atoms with Crippen LogP contribution in [-0.4, -0.2) is 47.8 Å². The highest BCUT2D eigenvalue weighted by Gasteiger charge is 2.25. The summed E-state index contributed by atoms with van der Waals surface area (Å²) in [4.78, 5) is 16.5. The van der Waals surface area contributed by atoms with Gasteiger partial charge in [-0.25, -0.2) is 5.48 Å². The van der Waals surface area contributed by atoms with Crippen LogP contribution in [0.2, 0.25) is 0 Å². The lowest BCUT2D eigenvalue weighted by Gasteiger charge is -2.26. The summed E-state index contributed by atoms with van der Waals surface area (Å²) in [6.07, 6.45) is 2.99.